The Morgan fingerprint density at radius 2 is 2.06 bits per heavy atom. The number of hydrogen-bond donors (Lipinski definition) is 3. The zero-order chi connectivity index (χ0) is 13.7. The summed E-state index contributed by atoms with van der Waals surface area (Å²) < 4.78 is 0. The lowest BCUT2D eigenvalue weighted by Crippen LogP contribution is -2.19. The average Bonchev–Trinajstić information content (AvgIpc) is 2.33. The number of nitrogen functional groups attached to an aromatic ring is 2. The number of carbonyl (C=O) groups is 1. The van der Waals surface area contributed by atoms with Crippen LogP contribution in [0, 0.1) is 0 Å². The second-order valence-electron chi connectivity index (χ2n) is 4.40. The first-order valence-corrected chi connectivity index (χ1v) is 6.06. The number of benzene rings is 1. The molecule has 0 bridgehead atoms. The number of aromatic carboxylic acids is 1. The SMILES string of the molecule is CCN(C)CCCc1c(C(=O)O)ccc(N)c1N. The molecule has 0 heterocycles. The summed E-state index contributed by atoms with van der Waals surface area (Å²) in [5, 5.41) is 9.13. The van der Waals surface area contributed by atoms with Gasteiger partial charge in [0.25, 0.3) is 0 Å². The van der Waals surface area contributed by atoms with Gasteiger partial charge in [-0.25, -0.2) is 4.79 Å². The Bertz CT molecular complexity index is 432. The monoisotopic (exact) mass is 251 g/mol. The average molecular weight is 251 g/mol. The van der Waals surface area contributed by atoms with Crippen LogP contribution in [-0.2, 0) is 6.42 Å². The third kappa shape index (κ3) is 3.37. The minimum absolute atomic E-state index is 0.251. The lowest BCUT2D eigenvalue weighted by atomic mass is 9.99. The molecule has 18 heavy (non-hydrogen) atoms. The van der Waals surface area contributed by atoms with E-state index >= 15 is 0 Å². The van der Waals surface area contributed by atoms with Gasteiger partial charge in [-0.2, -0.15) is 0 Å². The fourth-order valence-electron chi connectivity index (χ4n) is 1.84. The van der Waals surface area contributed by atoms with Crippen LogP contribution in [0.2, 0.25) is 0 Å². The predicted molar refractivity (Wildman–Crippen MR) is 73.7 cm³/mol. The highest BCUT2D eigenvalue weighted by Gasteiger charge is 2.14. The van der Waals surface area contributed by atoms with Crippen molar-refractivity contribution in [3.63, 3.8) is 0 Å². The standard InChI is InChI=1S/C13H21N3O2/c1-3-16(2)8-4-5-9-10(13(17)18)6-7-11(14)12(9)15/h6-7H,3-5,8,14-15H2,1-2H3,(H,17,18). The Kier molecular flexibility index (Phi) is 4.97. The molecule has 0 spiro atoms. The van der Waals surface area contributed by atoms with E-state index in [0.29, 0.717) is 23.4 Å². The lowest BCUT2D eigenvalue weighted by Gasteiger charge is -2.15. The quantitative estimate of drug-likeness (QED) is 0.665. The molecule has 0 aliphatic carbocycles. The third-order valence-corrected chi connectivity index (χ3v) is 3.13. The lowest BCUT2D eigenvalue weighted by molar-refractivity contribution is 0.0695. The molecule has 100 valence electrons. The Morgan fingerprint density at radius 1 is 1.39 bits per heavy atom. The van der Waals surface area contributed by atoms with E-state index in [-0.39, 0.29) is 5.56 Å². The second kappa shape index (κ2) is 6.26. The van der Waals surface area contributed by atoms with Crippen LogP contribution < -0.4 is 11.5 Å². The summed E-state index contributed by atoms with van der Waals surface area (Å²) in [6.07, 6.45) is 1.49. The number of nitrogens with two attached hydrogens (primary N) is 2. The minimum Gasteiger partial charge on any atom is -0.478 e. The molecule has 5 nitrogen and oxygen atoms in total. The highest BCUT2D eigenvalue weighted by Crippen LogP contribution is 2.25. The van der Waals surface area contributed by atoms with Crippen molar-refractivity contribution in [3.05, 3.63) is 23.3 Å². The van der Waals surface area contributed by atoms with Gasteiger partial charge < -0.3 is 21.5 Å². The van der Waals surface area contributed by atoms with E-state index in [4.69, 9.17) is 16.6 Å². The number of hydrogen-bond acceptors (Lipinski definition) is 4. The first kappa shape index (κ1) is 14.3. The maximum Gasteiger partial charge on any atom is 0.336 e. The molecular weight excluding hydrogens is 230 g/mol. The molecular formula is C13H21N3O2. The number of carboxylic acids is 1. The molecule has 0 radical (unpaired) electrons. The minimum atomic E-state index is -0.958. The fourth-order valence-corrected chi connectivity index (χ4v) is 1.84. The summed E-state index contributed by atoms with van der Waals surface area (Å²) in [6.45, 7) is 3.96. The number of nitrogens with zero attached hydrogens (tertiary/aromatic N) is 1. The van der Waals surface area contributed by atoms with Crippen molar-refractivity contribution in [1.29, 1.82) is 0 Å². The van der Waals surface area contributed by atoms with Gasteiger partial charge in [0.05, 0.1) is 16.9 Å². The van der Waals surface area contributed by atoms with Gasteiger partial charge in [-0.15, -0.1) is 0 Å². The van der Waals surface area contributed by atoms with E-state index in [9.17, 15) is 4.79 Å². The molecule has 0 amide bonds. The van der Waals surface area contributed by atoms with Crippen molar-refractivity contribution in [2.45, 2.75) is 19.8 Å². The van der Waals surface area contributed by atoms with Crippen LogP contribution in [0.25, 0.3) is 0 Å². The molecule has 0 aliphatic rings. The van der Waals surface area contributed by atoms with Crippen molar-refractivity contribution in [2.75, 3.05) is 31.6 Å². The zero-order valence-electron chi connectivity index (χ0n) is 10.9. The summed E-state index contributed by atoms with van der Waals surface area (Å²) >= 11 is 0. The van der Waals surface area contributed by atoms with Crippen LogP contribution in [0.4, 0.5) is 11.4 Å². The molecule has 0 aliphatic heterocycles. The highest BCUT2D eigenvalue weighted by atomic mass is 16.4. The van der Waals surface area contributed by atoms with Gasteiger partial charge in [-0.3, -0.25) is 0 Å². The van der Waals surface area contributed by atoms with E-state index in [0.717, 1.165) is 19.5 Å². The van der Waals surface area contributed by atoms with Gasteiger partial charge in [0.1, 0.15) is 0 Å². The van der Waals surface area contributed by atoms with E-state index in [1.54, 1.807) is 6.07 Å². The number of anilines is 2. The Morgan fingerprint density at radius 3 is 2.61 bits per heavy atom. The van der Waals surface area contributed by atoms with Crippen molar-refractivity contribution in [2.24, 2.45) is 0 Å². The van der Waals surface area contributed by atoms with Gasteiger partial charge in [-0.1, -0.05) is 6.92 Å². The summed E-state index contributed by atoms with van der Waals surface area (Å²) in [7, 11) is 2.03. The van der Waals surface area contributed by atoms with Gasteiger partial charge in [-0.05, 0) is 50.7 Å². The summed E-state index contributed by atoms with van der Waals surface area (Å²) in [6, 6.07) is 3.06. The fraction of sp³-hybridized carbons (Fsp3) is 0.462. The molecule has 5 heteroatoms. The molecule has 0 fully saturated rings. The zero-order valence-corrected chi connectivity index (χ0v) is 10.9. The van der Waals surface area contributed by atoms with Crippen LogP contribution in [0.3, 0.4) is 0 Å². The Hall–Kier alpha value is -1.75. The molecule has 1 rings (SSSR count). The largest absolute Gasteiger partial charge is 0.478 e. The van der Waals surface area contributed by atoms with E-state index in [1.807, 2.05) is 7.05 Å². The topological polar surface area (TPSA) is 92.6 Å². The van der Waals surface area contributed by atoms with Gasteiger partial charge in [0.15, 0.2) is 0 Å². The van der Waals surface area contributed by atoms with Crippen LogP contribution in [0.5, 0.6) is 0 Å². The van der Waals surface area contributed by atoms with Crippen LogP contribution in [0.15, 0.2) is 12.1 Å². The van der Waals surface area contributed by atoms with Gasteiger partial charge in [0.2, 0.25) is 0 Å². The molecule has 1 aromatic carbocycles. The molecule has 0 saturated heterocycles. The number of carboxylic acid groups (broad SMARTS) is 1. The Balaban J connectivity index is 2.85. The second-order valence-corrected chi connectivity index (χ2v) is 4.40. The first-order valence-electron chi connectivity index (χ1n) is 6.06. The Labute approximate surface area is 107 Å². The van der Waals surface area contributed by atoms with E-state index < -0.39 is 5.97 Å². The summed E-state index contributed by atoms with van der Waals surface area (Å²) in [5.41, 5.74) is 13.3. The molecule has 0 aromatic heterocycles. The summed E-state index contributed by atoms with van der Waals surface area (Å²) in [5.74, 6) is -0.958. The molecule has 0 atom stereocenters. The normalized spacial score (nSPS) is 10.8. The van der Waals surface area contributed by atoms with Crippen LogP contribution >= 0.6 is 0 Å². The van der Waals surface area contributed by atoms with Gasteiger partial charge >= 0.3 is 5.97 Å². The van der Waals surface area contributed by atoms with Crippen LogP contribution in [0.1, 0.15) is 29.3 Å². The molecule has 1 aromatic rings. The van der Waals surface area contributed by atoms with Crippen molar-refractivity contribution in [1.82, 2.24) is 4.90 Å². The highest BCUT2D eigenvalue weighted by molar-refractivity contribution is 5.93. The maximum absolute atomic E-state index is 11.1. The number of rotatable bonds is 6. The predicted octanol–water partition coefficient (Wildman–Crippen LogP) is 1.43. The first-order chi connectivity index (χ1) is 8.47. The smallest absolute Gasteiger partial charge is 0.336 e. The van der Waals surface area contributed by atoms with Crippen molar-refractivity contribution in [3.8, 4) is 0 Å². The molecule has 0 unspecified atom stereocenters. The van der Waals surface area contributed by atoms with Gasteiger partial charge in [0, 0.05) is 0 Å². The third-order valence-electron chi connectivity index (χ3n) is 3.13. The van der Waals surface area contributed by atoms with Crippen molar-refractivity contribution >= 4 is 17.3 Å². The summed E-state index contributed by atoms with van der Waals surface area (Å²) in [4.78, 5) is 13.3. The van der Waals surface area contributed by atoms with Crippen LogP contribution in [-0.4, -0.2) is 36.1 Å². The molecule has 0 saturated carbocycles. The van der Waals surface area contributed by atoms with E-state index in [2.05, 4.69) is 11.8 Å². The molecule has 5 N–H and O–H groups in total. The maximum atomic E-state index is 11.1. The van der Waals surface area contributed by atoms with Crippen molar-refractivity contribution < 1.29 is 9.90 Å². The van der Waals surface area contributed by atoms with E-state index in [1.165, 1.54) is 6.07 Å².